The van der Waals surface area contributed by atoms with Gasteiger partial charge in [-0.25, -0.2) is 13.4 Å². The molecule has 3 heterocycles. The molecule has 1 fully saturated rings. The molecule has 0 atom stereocenters. The van der Waals surface area contributed by atoms with Gasteiger partial charge in [-0.1, -0.05) is 0 Å². The first-order valence-electron chi connectivity index (χ1n) is 12.7. The van der Waals surface area contributed by atoms with Crippen LogP contribution in [0.25, 0.3) is 0 Å². The summed E-state index contributed by atoms with van der Waals surface area (Å²) in [5.74, 6) is 2.11. The van der Waals surface area contributed by atoms with Gasteiger partial charge in [-0.3, -0.25) is 4.31 Å². The Labute approximate surface area is 241 Å². The van der Waals surface area contributed by atoms with E-state index < -0.39 is 10.0 Å². The van der Waals surface area contributed by atoms with Crippen molar-refractivity contribution in [3.8, 4) is 17.2 Å². The zero-order valence-electron chi connectivity index (χ0n) is 22.3. The molecule has 0 saturated carbocycles. The molecule has 0 unspecified atom stereocenters. The van der Waals surface area contributed by atoms with Crippen molar-refractivity contribution in [1.82, 2.24) is 9.97 Å². The molecule has 1 saturated heterocycles. The maximum atomic E-state index is 12.5. The first-order chi connectivity index (χ1) is 19.1. The molecule has 14 heteroatoms. The number of rotatable bonds is 8. The number of aliphatic hydroxyl groups is 1. The fourth-order valence-corrected chi connectivity index (χ4v) is 5.36. The van der Waals surface area contributed by atoms with E-state index in [0.717, 1.165) is 42.2 Å². The van der Waals surface area contributed by atoms with Gasteiger partial charge in [-0.15, -0.1) is 0 Å². The van der Waals surface area contributed by atoms with E-state index in [4.69, 9.17) is 14.2 Å². The molecule has 0 spiro atoms. The minimum atomic E-state index is -3.62. The second-order valence-corrected chi connectivity index (χ2v) is 12.3. The fraction of sp³-hybridized carbons (Fsp3) is 0.385. The van der Waals surface area contributed by atoms with Crippen LogP contribution >= 0.6 is 15.9 Å². The highest BCUT2D eigenvalue weighted by Gasteiger charge is 2.27. The van der Waals surface area contributed by atoms with Crippen molar-refractivity contribution >= 4 is 60.5 Å². The summed E-state index contributed by atoms with van der Waals surface area (Å²) >= 11 is 3.49. The van der Waals surface area contributed by atoms with E-state index in [0.29, 0.717) is 63.8 Å². The molecule has 2 aliphatic heterocycles. The van der Waals surface area contributed by atoms with Crippen LogP contribution in [0.3, 0.4) is 0 Å². The van der Waals surface area contributed by atoms with Crippen molar-refractivity contribution in [2.45, 2.75) is 18.9 Å². The topological polar surface area (TPSA) is 138 Å². The number of benzene rings is 2. The second kappa shape index (κ2) is 11.6. The first kappa shape index (κ1) is 28.1. The van der Waals surface area contributed by atoms with E-state index in [2.05, 4.69) is 41.4 Å². The van der Waals surface area contributed by atoms with E-state index in [9.17, 15) is 13.5 Å². The number of piperidine rings is 1. The van der Waals surface area contributed by atoms with E-state index in [1.807, 2.05) is 18.2 Å². The summed E-state index contributed by atoms with van der Waals surface area (Å²) in [7, 11) is -0.570. The summed E-state index contributed by atoms with van der Waals surface area (Å²) in [6.45, 7) is 2.19. The number of methoxy groups -OCH3 is 1. The Morgan fingerprint density at radius 1 is 1.12 bits per heavy atom. The molecule has 0 aliphatic carbocycles. The highest BCUT2D eigenvalue weighted by atomic mass is 79.9. The molecule has 3 N–H and O–H groups in total. The van der Waals surface area contributed by atoms with Crippen LogP contribution < -0.4 is 34.0 Å². The highest BCUT2D eigenvalue weighted by molar-refractivity contribution is 9.10. The Morgan fingerprint density at radius 2 is 1.88 bits per heavy atom. The molecule has 2 aliphatic rings. The smallest absolute Gasteiger partial charge is 0.232 e. The number of hydrogen-bond donors (Lipinski definition) is 3. The molecule has 40 heavy (non-hydrogen) atoms. The van der Waals surface area contributed by atoms with Crippen LogP contribution in [0.2, 0.25) is 0 Å². The van der Waals surface area contributed by atoms with Gasteiger partial charge >= 0.3 is 0 Å². The Morgan fingerprint density at radius 3 is 2.60 bits per heavy atom. The molecule has 0 bridgehead atoms. The number of ether oxygens (including phenoxy) is 3. The molecule has 1 aromatic heterocycles. The fourth-order valence-electron chi connectivity index (χ4n) is 4.56. The number of nitrogens with zero attached hydrogens (tertiary/aromatic N) is 4. The van der Waals surface area contributed by atoms with E-state index in [1.54, 1.807) is 25.4 Å². The van der Waals surface area contributed by atoms with Crippen LogP contribution in [0, 0.1) is 0 Å². The number of fused-ring (bicyclic) bond motifs is 1. The van der Waals surface area contributed by atoms with Crippen LogP contribution in [-0.4, -0.2) is 76.3 Å². The van der Waals surface area contributed by atoms with Gasteiger partial charge in [0.25, 0.3) is 0 Å². The van der Waals surface area contributed by atoms with E-state index >= 15 is 0 Å². The lowest BCUT2D eigenvalue weighted by Gasteiger charge is -2.32. The molecule has 3 aromatic rings. The molecular weight excluding hydrogens is 604 g/mol. The number of nitrogens with one attached hydrogen (secondary N) is 2. The average Bonchev–Trinajstić information content (AvgIpc) is 2.94. The minimum absolute atomic E-state index is 0.263. The molecule has 214 valence electrons. The SMILES string of the molecule is COc1ccc(N2CCC(O)CC2)cc1Nc1ncc(Br)c(Nc2ccc3c(c2N(C)S(C)(=O)=O)OCCO3)n1. The van der Waals surface area contributed by atoms with Gasteiger partial charge < -0.3 is 34.9 Å². The third kappa shape index (κ3) is 5.98. The van der Waals surface area contributed by atoms with Gasteiger partial charge in [0.1, 0.15) is 30.5 Å². The zero-order valence-corrected chi connectivity index (χ0v) is 24.8. The van der Waals surface area contributed by atoms with Crippen LogP contribution in [-0.2, 0) is 10.0 Å². The average molecular weight is 636 g/mol. The van der Waals surface area contributed by atoms with Crippen LogP contribution in [0.5, 0.6) is 17.2 Å². The Hall–Kier alpha value is -3.49. The predicted octanol–water partition coefficient (Wildman–Crippen LogP) is 3.86. The molecule has 2 aromatic carbocycles. The van der Waals surface area contributed by atoms with Gasteiger partial charge in [-0.05, 0) is 59.1 Å². The van der Waals surface area contributed by atoms with Crippen molar-refractivity contribution in [2.24, 2.45) is 0 Å². The number of hydrogen-bond acceptors (Lipinski definition) is 11. The minimum Gasteiger partial charge on any atom is -0.495 e. The van der Waals surface area contributed by atoms with Gasteiger partial charge in [0.05, 0.1) is 35.3 Å². The monoisotopic (exact) mass is 634 g/mol. The van der Waals surface area contributed by atoms with Crippen molar-refractivity contribution in [3.63, 3.8) is 0 Å². The lowest BCUT2D eigenvalue weighted by Crippen LogP contribution is -2.35. The number of halogens is 1. The Balaban J connectivity index is 1.46. The standard InChI is InChI=1S/C26H31BrN6O6S/c1-32(40(3,35)36)23-19(5-7-22-24(23)39-13-12-38-22)29-25-18(27)15-28-26(31-25)30-20-14-16(4-6-21(20)37-2)33-10-8-17(34)9-11-33/h4-7,14-15,17,34H,8-13H2,1-3H3,(H2,28,29,30,31). The van der Waals surface area contributed by atoms with Crippen molar-refractivity contribution in [3.05, 3.63) is 41.0 Å². The summed E-state index contributed by atoms with van der Waals surface area (Å²) in [6, 6.07) is 9.27. The van der Waals surface area contributed by atoms with Crippen molar-refractivity contribution in [1.29, 1.82) is 0 Å². The highest BCUT2D eigenvalue weighted by Crippen LogP contribution is 2.46. The number of anilines is 6. The predicted molar refractivity (Wildman–Crippen MR) is 157 cm³/mol. The first-order valence-corrected chi connectivity index (χ1v) is 15.3. The Kier molecular flexibility index (Phi) is 8.10. The number of aromatic nitrogens is 2. The largest absolute Gasteiger partial charge is 0.495 e. The number of sulfonamides is 1. The third-order valence-corrected chi connectivity index (χ3v) is 8.51. The third-order valence-electron chi connectivity index (χ3n) is 6.75. The summed E-state index contributed by atoms with van der Waals surface area (Å²) in [6.07, 6.45) is 3.89. The maximum absolute atomic E-state index is 12.5. The van der Waals surface area contributed by atoms with Crippen LogP contribution in [0.4, 0.5) is 34.5 Å². The maximum Gasteiger partial charge on any atom is 0.232 e. The summed E-state index contributed by atoms with van der Waals surface area (Å²) in [5.41, 5.74) is 2.43. The van der Waals surface area contributed by atoms with Gasteiger partial charge in [-0.2, -0.15) is 4.98 Å². The molecule has 0 radical (unpaired) electrons. The van der Waals surface area contributed by atoms with Crippen molar-refractivity contribution in [2.75, 3.05) is 66.6 Å². The Bertz CT molecular complexity index is 1500. The molecule has 12 nitrogen and oxygen atoms in total. The van der Waals surface area contributed by atoms with E-state index in [-0.39, 0.29) is 6.10 Å². The molecule has 0 amide bonds. The summed E-state index contributed by atoms with van der Waals surface area (Å²) in [4.78, 5) is 11.3. The van der Waals surface area contributed by atoms with Gasteiger partial charge in [0.2, 0.25) is 16.0 Å². The van der Waals surface area contributed by atoms with Gasteiger partial charge in [0.15, 0.2) is 11.5 Å². The normalized spacial score (nSPS) is 15.5. The second-order valence-electron chi connectivity index (χ2n) is 9.46. The zero-order chi connectivity index (χ0) is 28.4. The summed E-state index contributed by atoms with van der Waals surface area (Å²) < 4.78 is 43.8. The molecule has 5 rings (SSSR count). The van der Waals surface area contributed by atoms with Gasteiger partial charge in [0, 0.05) is 32.0 Å². The lowest BCUT2D eigenvalue weighted by atomic mass is 10.1. The summed E-state index contributed by atoms with van der Waals surface area (Å²) in [5, 5.41) is 16.3. The number of aliphatic hydroxyl groups excluding tert-OH is 1. The molecular formula is C26H31BrN6O6S. The quantitative estimate of drug-likeness (QED) is 0.333. The lowest BCUT2D eigenvalue weighted by molar-refractivity contribution is 0.145. The van der Waals surface area contributed by atoms with Crippen LogP contribution in [0.1, 0.15) is 12.8 Å². The van der Waals surface area contributed by atoms with E-state index in [1.165, 1.54) is 7.05 Å². The van der Waals surface area contributed by atoms with Crippen LogP contribution in [0.15, 0.2) is 41.0 Å². The van der Waals surface area contributed by atoms with Crippen molar-refractivity contribution < 1.29 is 27.7 Å².